The van der Waals surface area contributed by atoms with Crippen LogP contribution in [0.15, 0.2) is 0 Å². The molecule has 0 aromatic heterocycles. The van der Waals surface area contributed by atoms with Gasteiger partial charge in [0.1, 0.15) is 0 Å². The lowest BCUT2D eigenvalue weighted by molar-refractivity contribution is 0.199. The van der Waals surface area contributed by atoms with E-state index in [9.17, 15) is 0 Å². The largest absolute Gasteiger partial charge is 0.325 e. The van der Waals surface area contributed by atoms with Crippen LogP contribution in [0.25, 0.3) is 0 Å². The van der Waals surface area contributed by atoms with Gasteiger partial charge in [0.2, 0.25) is 0 Å². The van der Waals surface area contributed by atoms with Gasteiger partial charge < -0.3 is 5.73 Å². The second-order valence-electron chi connectivity index (χ2n) is 16.3. The van der Waals surface area contributed by atoms with Crippen molar-refractivity contribution in [1.29, 1.82) is 0 Å². The Morgan fingerprint density at radius 1 is 0.298 bits per heavy atom. The van der Waals surface area contributed by atoms with E-state index < -0.39 is 0 Å². The van der Waals surface area contributed by atoms with E-state index in [0.29, 0.717) is 0 Å². The van der Waals surface area contributed by atoms with Gasteiger partial charge in [-0.05, 0) is 25.2 Å². The average Bonchev–Trinajstić information content (AvgIpc) is 3.08. The lowest BCUT2D eigenvalue weighted by Crippen LogP contribution is -2.47. The maximum atomic E-state index is 7.45. The van der Waals surface area contributed by atoms with Crippen LogP contribution in [-0.4, -0.2) is 5.54 Å². The maximum Gasteiger partial charge on any atom is 0.0182 e. The van der Waals surface area contributed by atoms with E-state index in [1.807, 2.05) is 0 Å². The van der Waals surface area contributed by atoms with Gasteiger partial charge >= 0.3 is 0 Å². The fourth-order valence-electron chi connectivity index (χ4n) is 8.25. The van der Waals surface area contributed by atoms with Gasteiger partial charge in [-0.1, -0.05) is 265 Å². The molecule has 0 aromatic carbocycles. The molecule has 2 N–H and O–H groups in total. The van der Waals surface area contributed by atoms with Crippen molar-refractivity contribution in [2.75, 3.05) is 0 Å². The summed E-state index contributed by atoms with van der Waals surface area (Å²) in [6.45, 7) is 9.39. The molecule has 0 saturated heterocycles. The first-order valence-corrected chi connectivity index (χ1v) is 22.9. The smallest absolute Gasteiger partial charge is 0.0182 e. The zero-order chi connectivity index (χ0) is 34.4. The molecule has 1 nitrogen and oxygen atoms in total. The van der Waals surface area contributed by atoms with Crippen LogP contribution in [0.4, 0.5) is 0 Å². The molecule has 0 saturated carbocycles. The molecule has 47 heavy (non-hydrogen) atoms. The predicted octanol–water partition coefficient (Wildman–Crippen LogP) is 17.0. The van der Waals surface area contributed by atoms with E-state index in [2.05, 4.69) is 27.7 Å². The highest BCUT2D eigenvalue weighted by Crippen LogP contribution is 2.34. The van der Waals surface area contributed by atoms with Crippen molar-refractivity contribution in [2.24, 2.45) is 11.7 Å². The highest BCUT2D eigenvalue weighted by molar-refractivity contribution is 4.91. The summed E-state index contributed by atoms with van der Waals surface area (Å²) >= 11 is 0. The second kappa shape index (κ2) is 38.8. The van der Waals surface area contributed by atoms with Gasteiger partial charge in [-0.25, -0.2) is 0 Å². The SMILES string of the molecule is CCCCCCCCCCCCCCC(CC)C(N)(CCCCCCCCCCCCCC)CCCCCCCCCCCCCC. The first-order chi connectivity index (χ1) is 23.1. The van der Waals surface area contributed by atoms with Gasteiger partial charge in [0.15, 0.2) is 0 Å². The quantitative estimate of drug-likeness (QED) is 0.0648. The van der Waals surface area contributed by atoms with Crippen LogP contribution in [0.2, 0.25) is 0 Å². The lowest BCUT2D eigenvalue weighted by Gasteiger charge is -2.38. The van der Waals surface area contributed by atoms with Crippen LogP contribution in [0, 0.1) is 5.92 Å². The Balaban J connectivity index is 4.36. The Bertz CT molecular complexity index is 527. The third-order valence-corrected chi connectivity index (χ3v) is 11.7. The van der Waals surface area contributed by atoms with Crippen molar-refractivity contribution < 1.29 is 0 Å². The normalized spacial score (nSPS) is 12.7. The number of rotatable bonds is 41. The summed E-state index contributed by atoms with van der Waals surface area (Å²) in [4.78, 5) is 0. The van der Waals surface area contributed by atoms with E-state index in [0.717, 1.165) is 5.92 Å². The topological polar surface area (TPSA) is 26.0 Å². The van der Waals surface area contributed by atoms with Crippen molar-refractivity contribution in [3.8, 4) is 0 Å². The monoisotopic (exact) mass is 662 g/mol. The molecular formula is C46H95N. The van der Waals surface area contributed by atoms with Crippen LogP contribution in [0.3, 0.4) is 0 Å². The standard InChI is InChI=1S/C46H95N/c1-5-9-12-15-18-21-24-27-30-33-36-39-42-45(8-4)46(47,43-40-37-34-31-28-25-22-19-16-13-10-6-2)44-41-38-35-32-29-26-23-20-17-14-11-7-3/h45H,5-44,47H2,1-4H3. The van der Waals surface area contributed by atoms with Crippen molar-refractivity contribution in [3.63, 3.8) is 0 Å². The molecule has 0 aliphatic heterocycles. The predicted molar refractivity (Wildman–Crippen MR) is 218 cm³/mol. The van der Waals surface area contributed by atoms with Gasteiger partial charge in [-0.2, -0.15) is 0 Å². The third kappa shape index (κ3) is 32.9. The van der Waals surface area contributed by atoms with Gasteiger partial charge in [-0.15, -0.1) is 0 Å². The van der Waals surface area contributed by atoms with E-state index in [1.165, 1.54) is 257 Å². The molecule has 0 radical (unpaired) electrons. The summed E-state index contributed by atoms with van der Waals surface area (Å²) < 4.78 is 0. The summed E-state index contributed by atoms with van der Waals surface area (Å²) in [5, 5.41) is 0. The summed E-state index contributed by atoms with van der Waals surface area (Å²) in [6.07, 6.45) is 56.9. The molecule has 0 aliphatic carbocycles. The minimum absolute atomic E-state index is 0.0868. The highest BCUT2D eigenvalue weighted by Gasteiger charge is 2.32. The number of nitrogens with two attached hydrogens (primary N) is 1. The Labute approximate surface area is 301 Å². The summed E-state index contributed by atoms with van der Waals surface area (Å²) in [6, 6.07) is 0. The molecule has 0 spiro atoms. The lowest BCUT2D eigenvalue weighted by atomic mass is 9.73. The fraction of sp³-hybridized carbons (Fsp3) is 1.00. The average molecular weight is 662 g/mol. The Morgan fingerprint density at radius 3 is 0.745 bits per heavy atom. The summed E-state index contributed by atoms with van der Waals surface area (Å²) in [7, 11) is 0. The molecule has 0 aliphatic rings. The van der Waals surface area contributed by atoms with Gasteiger partial charge in [0.05, 0.1) is 0 Å². The van der Waals surface area contributed by atoms with Crippen molar-refractivity contribution in [1.82, 2.24) is 0 Å². The number of hydrogen-bond donors (Lipinski definition) is 1. The number of unbranched alkanes of at least 4 members (excludes halogenated alkanes) is 33. The van der Waals surface area contributed by atoms with Gasteiger partial charge in [0, 0.05) is 5.54 Å². The first kappa shape index (κ1) is 47.0. The van der Waals surface area contributed by atoms with E-state index in [1.54, 1.807) is 0 Å². The molecule has 1 atom stereocenters. The van der Waals surface area contributed by atoms with Crippen LogP contribution < -0.4 is 5.73 Å². The minimum atomic E-state index is 0.0868. The second-order valence-corrected chi connectivity index (χ2v) is 16.3. The molecule has 1 heteroatoms. The highest BCUT2D eigenvalue weighted by atomic mass is 14.8. The summed E-state index contributed by atoms with van der Waals surface area (Å²) in [5.41, 5.74) is 7.54. The zero-order valence-corrected chi connectivity index (χ0v) is 33.9. The van der Waals surface area contributed by atoms with Crippen molar-refractivity contribution >= 4 is 0 Å². The molecule has 0 fully saturated rings. The van der Waals surface area contributed by atoms with E-state index in [-0.39, 0.29) is 5.54 Å². The molecular weight excluding hydrogens is 567 g/mol. The Morgan fingerprint density at radius 2 is 0.511 bits per heavy atom. The third-order valence-electron chi connectivity index (χ3n) is 11.7. The molecule has 1 unspecified atom stereocenters. The minimum Gasteiger partial charge on any atom is -0.325 e. The van der Waals surface area contributed by atoms with Gasteiger partial charge in [0.25, 0.3) is 0 Å². The first-order valence-electron chi connectivity index (χ1n) is 22.9. The van der Waals surface area contributed by atoms with Crippen LogP contribution in [0.1, 0.15) is 285 Å². The molecule has 0 amide bonds. The van der Waals surface area contributed by atoms with Crippen molar-refractivity contribution in [2.45, 2.75) is 290 Å². The molecule has 0 bridgehead atoms. The van der Waals surface area contributed by atoms with Crippen LogP contribution >= 0.6 is 0 Å². The van der Waals surface area contributed by atoms with E-state index >= 15 is 0 Å². The molecule has 284 valence electrons. The van der Waals surface area contributed by atoms with Crippen LogP contribution in [0.5, 0.6) is 0 Å². The van der Waals surface area contributed by atoms with Crippen molar-refractivity contribution in [3.05, 3.63) is 0 Å². The summed E-state index contributed by atoms with van der Waals surface area (Å²) in [5.74, 6) is 0.728. The van der Waals surface area contributed by atoms with Gasteiger partial charge in [-0.3, -0.25) is 0 Å². The van der Waals surface area contributed by atoms with Crippen LogP contribution in [-0.2, 0) is 0 Å². The number of hydrogen-bond acceptors (Lipinski definition) is 1. The Hall–Kier alpha value is -0.0400. The molecule has 0 rings (SSSR count). The van der Waals surface area contributed by atoms with E-state index in [4.69, 9.17) is 5.73 Å². The maximum absolute atomic E-state index is 7.45. The fourth-order valence-corrected chi connectivity index (χ4v) is 8.25. The molecule has 0 heterocycles. The Kier molecular flexibility index (Phi) is 38.7. The zero-order valence-electron chi connectivity index (χ0n) is 33.9. The molecule has 0 aromatic rings.